The monoisotopic (exact) mass is 466 g/mol. The number of nitrogens with one attached hydrogen (secondary N) is 1. The Balaban J connectivity index is 2.00. The lowest BCUT2D eigenvalue weighted by Crippen LogP contribution is -2.47. The fraction of sp³-hybridized carbons (Fsp3) is 0.391. The maximum atomic E-state index is 13.5. The van der Waals surface area contributed by atoms with Crippen LogP contribution in [0.25, 0.3) is 0 Å². The number of nitrogens with zero attached hydrogens (tertiary/aromatic N) is 1. The summed E-state index contributed by atoms with van der Waals surface area (Å²) in [6, 6.07) is 13.2. The Hall–Kier alpha value is -1.75. The van der Waals surface area contributed by atoms with E-state index in [2.05, 4.69) is 5.32 Å². The quantitative estimate of drug-likeness (QED) is 0.497. The van der Waals surface area contributed by atoms with Crippen molar-refractivity contribution >= 4 is 52.3 Å². The van der Waals surface area contributed by atoms with E-state index in [9.17, 15) is 9.59 Å². The molecular weight excluding hydrogens is 443 g/mol. The van der Waals surface area contributed by atoms with E-state index in [0.717, 1.165) is 25.7 Å². The van der Waals surface area contributed by atoms with Gasteiger partial charge in [-0.15, -0.1) is 11.6 Å². The molecule has 0 bridgehead atoms. The van der Waals surface area contributed by atoms with Gasteiger partial charge in [0.05, 0.1) is 0 Å². The molecule has 1 fully saturated rings. The van der Waals surface area contributed by atoms with E-state index in [1.165, 1.54) is 11.3 Å². The number of rotatable bonds is 7. The van der Waals surface area contributed by atoms with Gasteiger partial charge < -0.3 is 5.32 Å². The summed E-state index contributed by atoms with van der Waals surface area (Å²) in [5.74, 6) is -0.270. The maximum absolute atomic E-state index is 13.5. The smallest absolute Gasteiger partial charge is 0.248 e. The minimum absolute atomic E-state index is 0.116. The van der Waals surface area contributed by atoms with Gasteiger partial charge >= 0.3 is 0 Å². The molecule has 0 saturated heterocycles. The van der Waals surface area contributed by atoms with E-state index < -0.39 is 6.04 Å². The zero-order chi connectivity index (χ0) is 21.5. The van der Waals surface area contributed by atoms with Gasteiger partial charge in [-0.05, 0) is 54.8 Å². The Kier molecular flexibility index (Phi) is 8.43. The molecule has 1 aliphatic rings. The molecule has 2 aromatic rings. The number of carbonyl (C=O) groups excluding carboxylic acids is 2. The Morgan fingerprint density at radius 2 is 1.50 bits per heavy atom. The molecule has 1 N–H and O–H groups in total. The number of amides is 2. The van der Waals surface area contributed by atoms with Gasteiger partial charge in [-0.1, -0.05) is 54.6 Å². The summed E-state index contributed by atoms with van der Waals surface area (Å²) >= 11 is 18.0. The minimum atomic E-state index is -0.832. The lowest BCUT2D eigenvalue weighted by molar-refractivity contribution is -0.127. The topological polar surface area (TPSA) is 49.4 Å². The van der Waals surface area contributed by atoms with E-state index in [1.807, 2.05) is 0 Å². The van der Waals surface area contributed by atoms with Crippen LogP contribution >= 0.6 is 34.8 Å². The van der Waals surface area contributed by atoms with Crippen molar-refractivity contribution in [2.24, 2.45) is 0 Å². The third-order valence-electron chi connectivity index (χ3n) is 5.33. The van der Waals surface area contributed by atoms with Crippen LogP contribution in [0.3, 0.4) is 0 Å². The molecule has 3 rings (SSSR count). The second-order valence-electron chi connectivity index (χ2n) is 7.48. The van der Waals surface area contributed by atoms with Gasteiger partial charge in [0.25, 0.3) is 0 Å². The zero-order valence-electron chi connectivity index (χ0n) is 16.6. The standard InChI is InChI=1S/C23H25Cl3N2O2/c24-15-14-21(29)28(20-12-10-18(26)11-13-20)22(16-6-8-17(25)9-7-16)23(30)27-19-4-2-1-3-5-19/h6-13,19,22H,1-5,14-15H2,(H,27,30)/t22-/m0/s1. The second kappa shape index (κ2) is 11.0. The third kappa shape index (κ3) is 5.90. The van der Waals surface area contributed by atoms with Gasteiger partial charge in [-0.3, -0.25) is 14.5 Å². The number of hydrogen-bond donors (Lipinski definition) is 1. The van der Waals surface area contributed by atoms with Crippen molar-refractivity contribution in [1.82, 2.24) is 5.32 Å². The van der Waals surface area contributed by atoms with Crippen molar-refractivity contribution in [2.45, 2.75) is 50.6 Å². The van der Waals surface area contributed by atoms with Gasteiger partial charge in [0.15, 0.2) is 0 Å². The molecule has 0 heterocycles. The first-order valence-electron chi connectivity index (χ1n) is 10.2. The van der Waals surface area contributed by atoms with Crippen LogP contribution in [-0.2, 0) is 9.59 Å². The van der Waals surface area contributed by atoms with Crippen LogP contribution in [0.4, 0.5) is 5.69 Å². The van der Waals surface area contributed by atoms with Crippen LogP contribution in [0.15, 0.2) is 48.5 Å². The molecule has 0 radical (unpaired) electrons. The molecule has 160 valence electrons. The highest BCUT2D eigenvalue weighted by atomic mass is 35.5. The molecule has 1 aliphatic carbocycles. The van der Waals surface area contributed by atoms with Crippen LogP contribution in [-0.4, -0.2) is 23.7 Å². The highest BCUT2D eigenvalue weighted by Crippen LogP contribution is 2.31. The van der Waals surface area contributed by atoms with Crippen LogP contribution < -0.4 is 10.2 Å². The maximum Gasteiger partial charge on any atom is 0.248 e. The summed E-state index contributed by atoms with van der Waals surface area (Å²) in [5, 5.41) is 4.28. The fourth-order valence-corrected chi connectivity index (χ4v) is 4.24. The normalized spacial score (nSPS) is 15.4. The molecular formula is C23H25Cl3N2O2. The molecule has 30 heavy (non-hydrogen) atoms. The molecule has 2 aromatic carbocycles. The van der Waals surface area contributed by atoms with Crippen LogP contribution in [0.2, 0.25) is 10.0 Å². The number of alkyl halides is 1. The Morgan fingerprint density at radius 3 is 2.07 bits per heavy atom. The van der Waals surface area contributed by atoms with E-state index in [-0.39, 0.29) is 30.2 Å². The molecule has 1 saturated carbocycles. The molecule has 7 heteroatoms. The number of anilines is 1. The minimum Gasteiger partial charge on any atom is -0.351 e. The zero-order valence-corrected chi connectivity index (χ0v) is 18.9. The van der Waals surface area contributed by atoms with Crippen LogP contribution in [0, 0.1) is 0 Å². The average molecular weight is 468 g/mol. The molecule has 0 aromatic heterocycles. The predicted molar refractivity (Wildman–Crippen MR) is 123 cm³/mol. The van der Waals surface area contributed by atoms with Gasteiger partial charge in [-0.25, -0.2) is 0 Å². The largest absolute Gasteiger partial charge is 0.351 e. The fourth-order valence-electron chi connectivity index (χ4n) is 3.83. The Labute approximate surface area is 192 Å². The van der Waals surface area contributed by atoms with Gasteiger partial charge in [0.1, 0.15) is 6.04 Å². The summed E-state index contributed by atoms with van der Waals surface area (Å²) in [6.07, 6.45) is 5.42. The molecule has 0 spiro atoms. The van der Waals surface area contributed by atoms with Crippen molar-refractivity contribution in [3.63, 3.8) is 0 Å². The first-order chi connectivity index (χ1) is 14.5. The number of carbonyl (C=O) groups is 2. The Bertz CT molecular complexity index is 850. The van der Waals surface area contributed by atoms with E-state index in [4.69, 9.17) is 34.8 Å². The number of benzene rings is 2. The van der Waals surface area contributed by atoms with Gasteiger partial charge in [0.2, 0.25) is 11.8 Å². The summed E-state index contributed by atoms with van der Waals surface area (Å²) in [5.41, 5.74) is 1.28. The van der Waals surface area contributed by atoms with E-state index in [0.29, 0.717) is 21.3 Å². The van der Waals surface area contributed by atoms with Crippen molar-refractivity contribution < 1.29 is 9.59 Å². The Morgan fingerprint density at radius 1 is 0.933 bits per heavy atom. The molecule has 1 atom stereocenters. The van der Waals surface area contributed by atoms with E-state index >= 15 is 0 Å². The van der Waals surface area contributed by atoms with Crippen molar-refractivity contribution in [1.29, 1.82) is 0 Å². The number of halogens is 3. The predicted octanol–water partition coefficient (Wildman–Crippen LogP) is 6.15. The first-order valence-corrected chi connectivity index (χ1v) is 11.5. The first kappa shape index (κ1) is 22.9. The molecule has 0 unspecified atom stereocenters. The van der Waals surface area contributed by atoms with E-state index in [1.54, 1.807) is 48.5 Å². The summed E-state index contributed by atoms with van der Waals surface area (Å²) in [4.78, 5) is 28.1. The van der Waals surface area contributed by atoms with Gasteiger partial charge in [0, 0.05) is 34.1 Å². The lowest BCUT2D eigenvalue weighted by Gasteiger charge is -2.33. The molecule has 0 aliphatic heterocycles. The van der Waals surface area contributed by atoms with Crippen LogP contribution in [0.5, 0.6) is 0 Å². The number of hydrogen-bond acceptors (Lipinski definition) is 2. The summed E-state index contributed by atoms with van der Waals surface area (Å²) in [7, 11) is 0. The molecule has 4 nitrogen and oxygen atoms in total. The third-order valence-corrected chi connectivity index (χ3v) is 6.02. The van der Waals surface area contributed by atoms with Crippen molar-refractivity contribution in [3.8, 4) is 0 Å². The average Bonchev–Trinajstić information content (AvgIpc) is 2.74. The van der Waals surface area contributed by atoms with Crippen molar-refractivity contribution in [3.05, 3.63) is 64.1 Å². The second-order valence-corrected chi connectivity index (χ2v) is 8.73. The SMILES string of the molecule is O=C(NC1CCCCC1)[C@H](c1ccc(Cl)cc1)N(C(=O)CCCl)c1ccc(Cl)cc1. The highest BCUT2D eigenvalue weighted by molar-refractivity contribution is 6.31. The summed E-state index contributed by atoms with van der Waals surface area (Å²) < 4.78 is 0. The van der Waals surface area contributed by atoms with Gasteiger partial charge in [-0.2, -0.15) is 0 Å². The van der Waals surface area contributed by atoms with Crippen molar-refractivity contribution in [2.75, 3.05) is 10.8 Å². The highest BCUT2D eigenvalue weighted by Gasteiger charge is 2.33. The summed E-state index contributed by atoms with van der Waals surface area (Å²) in [6.45, 7) is 0. The van der Waals surface area contributed by atoms with Crippen LogP contribution in [0.1, 0.15) is 50.1 Å². The molecule has 2 amide bonds. The lowest BCUT2D eigenvalue weighted by atomic mass is 9.94.